The van der Waals surface area contributed by atoms with Crippen molar-refractivity contribution in [3.05, 3.63) is 64.3 Å². The number of guanidine groups is 1. The highest BCUT2D eigenvalue weighted by Gasteiger charge is 2.15. The van der Waals surface area contributed by atoms with E-state index in [1.807, 2.05) is 32.3 Å². The molecular formula is C21H24ClN5O2. The van der Waals surface area contributed by atoms with Gasteiger partial charge in [0.05, 0.1) is 10.5 Å². The Bertz CT molecular complexity index is 1060. The fraction of sp³-hybridized carbons (Fsp3) is 0.238. The van der Waals surface area contributed by atoms with E-state index < -0.39 is 5.91 Å². The van der Waals surface area contributed by atoms with Gasteiger partial charge in [-0.25, -0.2) is 0 Å². The summed E-state index contributed by atoms with van der Waals surface area (Å²) in [7, 11) is 5.65. The minimum absolute atomic E-state index is 0.0359. The average Bonchev–Trinajstić information content (AvgIpc) is 3.14. The number of ether oxygens (including phenoxy) is 1. The molecule has 8 heteroatoms. The number of rotatable bonds is 6. The molecule has 152 valence electrons. The van der Waals surface area contributed by atoms with Crippen molar-refractivity contribution in [2.75, 3.05) is 21.1 Å². The molecule has 1 heterocycles. The van der Waals surface area contributed by atoms with Crippen LogP contribution in [0.3, 0.4) is 0 Å². The Balaban J connectivity index is 1.89. The van der Waals surface area contributed by atoms with E-state index in [0.29, 0.717) is 28.3 Å². The van der Waals surface area contributed by atoms with Gasteiger partial charge in [0.25, 0.3) is 5.91 Å². The highest BCUT2D eigenvalue weighted by molar-refractivity contribution is 6.35. The van der Waals surface area contributed by atoms with Crippen LogP contribution in [0.4, 0.5) is 0 Å². The Morgan fingerprint density at radius 1 is 1.24 bits per heavy atom. The van der Waals surface area contributed by atoms with Crippen LogP contribution in [0.5, 0.6) is 5.75 Å². The number of aliphatic imine (C=N–C) groups is 1. The molecule has 0 unspecified atom stereocenters. The van der Waals surface area contributed by atoms with E-state index in [1.165, 1.54) is 5.56 Å². The van der Waals surface area contributed by atoms with Crippen LogP contribution in [0.2, 0.25) is 5.02 Å². The molecule has 1 aromatic heterocycles. The number of carbonyl (C=O) groups is 1. The molecule has 0 saturated heterocycles. The number of nitrogens with zero attached hydrogens (tertiary/aromatic N) is 2. The van der Waals surface area contributed by atoms with Crippen LogP contribution in [0.1, 0.15) is 21.6 Å². The number of hydrogen-bond acceptors (Lipinski definition) is 3. The number of nitrogens with one attached hydrogen (secondary N) is 2. The van der Waals surface area contributed by atoms with E-state index in [1.54, 1.807) is 25.2 Å². The lowest BCUT2D eigenvalue weighted by Crippen LogP contribution is -2.28. The maximum atomic E-state index is 12.3. The van der Waals surface area contributed by atoms with Crippen LogP contribution >= 0.6 is 11.6 Å². The first kappa shape index (κ1) is 20.7. The largest absolute Gasteiger partial charge is 0.487 e. The highest BCUT2D eigenvalue weighted by Crippen LogP contribution is 2.32. The van der Waals surface area contributed by atoms with E-state index in [4.69, 9.17) is 22.1 Å². The van der Waals surface area contributed by atoms with E-state index in [0.717, 1.165) is 12.1 Å². The van der Waals surface area contributed by atoms with E-state index in [2.05, 4.69) is 26.3 Å². The van der Waals surface area contributed by atoms with Crippen LogP contribution in [0.25, 0.3) is 10.9 Å². The molecule has 7 nitrogen and oxygen atoms in total. The van der Waals surface area contributed by atoms with Gasteiger partial charge in [-0.3, -0.25) is 4.79 Å². The number of H-pyrrole nitrogens is 1. The SMILES string of the molecule is CNC(N)=NC(=O)c1cc2c(Cl)ccc(OCc3ccccc3CN(C)C)c2[nH]1. The molecule has 0 atom stereocenters. The van der Waals surface area contributed by atoms with Gasteiger partial charge in [-0.2, -0.15) is 4.99 Å². The fourth-order valence-electron chi connectivity index (χ4n) is 2.97. The molecule has 0 fully saturated rings. The van der Waals surface area contributed by atoms with Gasteiger partial charge >= 0.3 is 0 Å². The fourth-order valence-corrected chi connectivity index (χ4v) is 3.18. The predicted molar refractivity (Wildman–Crippen MR) is 116 cm³/mol. The van der Waals surface area contributed by atoms with Crippen molar-refractivity contribution in [1.29, 1.82) is 0 Å². The van der Waals surface area contributed by atoms with Crippen molar-refractivity contribution in [3.63, 3.8) is 0 Å². The number of nitrogens with two attached hydrogens (primary N) is 1. The summed E-state index contributed by atoms with van der Waals surface area (Å²) < 4.78 is 6.09. The van der Waals surface area contributed by atoms with Crippen LogP contribution in [0, 0.1) is 0 Å². The standard InChI is InChI=1S/C21H24ClN5O2/c1-24-21(23)26-20(28)17-10-15-16(22)8-9-18(19(15)25-17)29-12-14-7-5-4-6-13(14)11-27(2)3/h4-10,25H,11-12H2,1-3H3,(H3,23,24,26,28). The van der Waals surface area contributed by atoms with Crippen LogP contribution in [0.15, 0.2) is 47.5 Å². The molecule has 0 bridgehead atoms. The van der Waals surface area contributed by atoms with Gasteiger partial charge in [-0.1, -0.05) is 35.9 Å². The highest BCUT2D eigenvalue weighted by atomic mass is 35.5. The normalized spacial score (nSPS) is 11.8. The minimum atomic E-state index is -0.494. The van der Waals surface area contributed by atoms with Gasteiger partial charge in [0.1, 0.15) is 18.1 Å². The molecule has 29 heavy (non-hydrogen) atoms. The van der Waals surface area contributed by atoms with Crippen molar-refractivity contribution in [2.45, 2.75) is 13.2 Å². The summed E-state index contributed by atoms with van der Waals surface area (Å²) in [5.74, 6) is 0.147. The first-order valence-electron chi connectivity index (χ1n) is 9.10. The van der Waals surface area contributed by atoms with Crippen molar-refractivity contribution in [3.8, 4) is 5.75 Å². The van der Waals surface area contributed by atoms with Gasteiger partial charge in [-0.15, -0.1) is 0 Å². The van der Waals surface area contributed by atoms with E-state index >= 15 is 0 Å². The lowest BCUT2D eigenvalue weighted by Gasteiger charge is -2.15. The molecule has 0 aliphatic carbocycles. The molecule has 0 aliphatic rings. The first-order valence-corrected chi connectivity index (χ1v) is 9.48. The van der Waals surface area contributed by atoms with Crippen molar-refractivity contribution in [1.82, 2.24) is 15.2 Å². The second-order valence-corrected chi connectivity index (χ2v) is 7.27. The zero-order valence-electron chi connectivity index (χ0n) is 16.6. The van der Waals surface area contributed by atoms with Crippen LogP contribution < -0.4 is 15.8 Å². The molecule has 0 aliphatic heterocycles. The third kappa shape index (κ3) is 4.88. The van der Waals surface area contributed by atoms with E-state index in [-0.39, 0.29) is 11.7 Å². The van der Waals surface area contributed by atoms with Gasteiger partial charge in [-0.05, 0) is 43.4 Å². The Hall–Kier alpha value is -3.03. The Morgan fingerprint density at radius 2 is 1.97 bits per heavy atom. The number of amides is 1. The smallest absolute Gasteiger partial charge is 0.296 e. The molecule has 0 spiro atoms. The molecule has 3 aromatic rings. The third-order valence-electron chi connectivity index (χ3n) is 4.40. The summed E-state index contributed by atoms with van der Waals surface area (Å²) in [6.45, 7) is 1.22. The van der Waals surface area contributed by atoms with E-state index in [9.17, 15) is 4.79 Å². The second-order valence-electron chi connectivity index (χ2n) is 6.86. The summed E-state index contributed by atoms with van der Waals surface area (Å²) in [4.78, 5) is 21.3. The second kappa shape index (κ2) is 8.98. The van der Waals surface area contributed by atoms with Crippen molar-refractivity contribution >= 4 is 34.4 Å². The van der Waals surface area contributed by atoms with Gasteiger partial charge < -0.3 is 25.7 Å². The number of hydrogen-bond donors (Lipinski definition) is 3. The Morgan fingerprint density at radius 3 is 2.66 bits per heavy atom. The topological polar surface area (TPSA) is 95.7 Å². The minimum Gasteiger partial charge on any atom is -0.487 e. The summed E-state index contributed by atoms with van der Waals surface area (Å²) in [5, 5.41) is 3.82. The number of benzene rings is 2. The maximum absolute atomic E-state index is 12.3. The zero-order valence-corrected chi connectivity index (χ0v) is 17.4. The third-order valence-corrected chi connectivity index (χ3v) is 4.73. The molecule has 1 amide bonds. The molecule has 3 rings (SSSR count). The molecule has 0 radical (unpaired) electrons. The molecule has 2 aromatic carbocycles. The van der Waals surface area contributed by atoms with Crippen LogP contribution in [-0.2, 0) is 13.2 Å². The van der Waals surface area contributed by atoms with Crippen LogP contribution in [-0.4, -0.2) is 42.9 Å². The maximum Gasteiger partial charge on any atom is 0.296 e. The number of aromatic amines is 1. The predicted octanol–water partition coefficient (Wildman–Crippen LogP) is 3.14. The molecular weight excluding hydrogens is 390 g/mol. The number of aromatic nitrogens is 1. The van der Waals surface area contributed by atoms with Crippen molar-refractivity contribution < 1.29 is 9.53 Å². The zero-order chi connectivity index (χ0) is 21.0. The van der Waals surface area contributed by atoms with Gasteiger partial charge in [0.15, 0.2) is 5.96 Å². The molecule has 4 N–H and O–H groups in total. The summed E-state index contributed by atoms with van der Waals surface area (Å²) in [6, 6.07) is 13.3. The van der Waals surface area contributed by atoms with Crippen molar-refractivity contribution in [2.24, 2.45) is 10.7 Å². The Labute approximate surface area is 174 Å². The monoisotopic (exact) mass is 413 g/mol. The summed E-state index contributed by atoms with van der Waals surface area (Å²) >= 11 is 6.31. The summed E-state index contributed by atoms with van der Waals surface area (Å²) in [5.41, 5.74) is 8.79. The lowest BCUT2D eigenvalue weighted by atomic mass is 10.1. The first-order chi connectivity index (χ1) is 13.9. The average molecular weight is 414 g/mol. The number of fused-ring (bicyclic) bond motifs is 1. The molecule has 0 saturated carbocycles. The number of halogens is 1. The number of carbonyl (C=O) groups excluding carboxylic acids is 1. The summed E-state index contributed by atoms with van der Waals surface area (Å²) in [6.07, 6.45) is 0. The van der Waals surface area contributed by atoms with Gasteiger partial charge in [0, 0.05) is 19.0 Å². The lowest BCUT2D eigenvalue weighted by molar-refractivity contribution is 0.0998. The Kier molecular flexibility index (Phi) is 6.41. The quantitative estimate of drug-likeness (QED) is 0.426. The van der Waals surface area contributed by atoms with Gasteiger partial charge in [0.2, 0.25) is 0 Å².